The van der Waals surface area contributed by atoms with E-state index < -0.39 is 24.5 Å². The van der Waals surface area contributed by atoms with Crippen LogP contribution in [0.5, 0.6) is 0 Å². The highest BCUT2D eigenvalue weighted by molar-refractivity contribution is 7.95. The molecule has 106 valence electrons. The lowest BCUT2D eigenvalue weighted by atomic mass is 10.1. The van der Waals surface area contributed by atoms with Gasteiger partial charge in [-0.05, 0) is 5.56 Å². The Bertz CT molecular complexity index is 587. The molecule has 0 unspecified atom stereocenters. The van der Waals surface area contributed by atoms with Crippen LogP contribution in [0.1, 0.15) is 18.6 Å². The monoisotopic (exact) mass is 327 g/mol. The van der Waals surface area contributed by atoms with Gasteiger partial charge in [-0.15, -0.1) is 0 Å². The summed E-state index contributed by atoms with van der Waals surface area (Å²) >= 11 is 11.4. The molecule has 9 heteroatoms. The zero-order valence-electron chi connectivity index (χ0n) is 9.79. The highest BCUT2D eigenvalue weighted by Crippen LogP contribution is 2.41. The Morgan fingerprint density at radius 3 is 2.53 bits per heavy atom. The standard InChI is InChI=1S/C10H11Cl2NO5S/c1-2-19(17,18)10(11,12)9(14)7-4-3-5-8(6-7)13(15)16/h3-6,9,14H,2H2,1H3/t9-/m1/s1. The third kappa shape index (κ3) is 3.17. The van der Waals surface area contributed by atoms with Crippen LogP contribution in [0.3, 0.4) is 0 Å². The number of benzene rings is 1. The fourth-order valence-corrected chi connectivity index (χ4v) is 3.13. The van der Waals surface area contributed by atoms with Crippen LogP contribution in [0, 0.1) is 10.1 Å². The first-order valence-electron chi connectivity index (χ1n) is 5.16. The molecular weight excluding hydrogens is 317 g/mol. The summed E-state index contributed by atoms with van der Waals surface area (Å²) in [5, 5.41) is 20.6. The van der Waals surface area contributed by atoms with Crippen LogP contribution in [-0.4, -0.2) is 27.9 Å². The van der Waals surface area contributed by atoms with E-state index in [2.05, 4.69) is 0 Å². The van der Waals surface area contributed by atoms with Gasteiger partial charge in [0.15, 0.2) is 9.84 Å². The first-order chi connectivity index (χ1) is 8.63. The lowest BCUT2D eigenvalue weighted by Gasteiger charge is -2.25. The van der Waals surface area contributed by atoms with Crippen molar-refractivity contribution in [2.75, 3.05) is 5.75 Å². The molecule has 1 atom stereocenters. The van der Waals surface area contributed by atoms with Gasteiger partial charge in [0.25, 0.3) is 5.69 Å². The van der Waals surface area contributed by atoms with Crippen LogP contribution in [-0.2, 0) is 9.84 Å². The molecule has 0 fully saturated rings. The molecule has 19 heavy (non-hydrogen) atoms. The quantitative estimate of drug-likeness (QED) is 0.508. The minimum atomic E-state index is -3.97. The molecule has 0 radical (unpaired) electrons. The molecule has 0 saturated heterocycles. The Labute approximate surface area is 120 Å². The van der Waals surface area contributed by atoms with E-state index in [0.29, 0.717) is 0 Å². The summed E-state index contributed by atoms with van der Waals surface area (Å²) < 4.78 is 20.9. The van der Waals surface area contributed by atoms with Crippen LogP contribution in [0.25, 0.3) is 0 Å². The number of hydrogen-bond acceptors (Lipinski definition) is 5. The van der Waals surface area contributed by atoms with Crippen molar-refractivity contribution in [2.24, 2.45) is 0 Å². The summed E-state index contributed by atoms with van der Waals surface area (Å²) in [5.41, 5.74) is -0.342. The molecule has 6 nitrogen and oxygen atoms in total. The second-order valence-electron chi connectivity index (χ2n) is 3.72. The average molecular weight is 328 g/mol. The van der Waals surface area contributed by atoms with Gasteiger partial charge in [0.2, 0.25) is 3.67 Å². The molecule has 1 rings (SSSR count). The van der Waals surface area contributed by atoms with Crippen molar-refractivity contribution in [2.45, 2.75) is 16.7 Å². The van der Waals surface area contributed by atoms with E-state index in [4.69, 9.17) is 23.2 Å². The highest BCUT2D eigenvalue weighted by Gasteiger charge is 2.46. The molecule has 0 aliphatic rings. The minimum absolute atomic E-state index is 0.0452. The predicted octanol–water partition coefficient (Wildman–Crippen LogP) is 2.19. The number of non-ortho nitro benzene ring substituents is 1. The van der Waals surface area contributed by atoms with Gasteiger partial charge in [0.1, 0.15) is 6.10 Å². The zero-order valence-corrected chi connectivity index (χ0v) is 12.1. The van der Waals surface area contributed by atoms with Gasteiger partial charge in [-0.2, -0.15) is 0 Å². The molecule has 0 spiro atoms. The van der Waals surface area contributed by atoms with Crippen molar-refractivity contribution in [1.29, 1.82) is 0 Å². The highest BCUT2D eigenvalue weighted by atomic mass is 35.5. The molecule has 0 heterocycles. The zero-order chi connectivity index (χ0) is 14.8. The van der Waals surface area contributed by atoms with Crippen molar-refractivity contribution in [3.05, 3.63) is 39.9 Å². The molecule has 0 amide bonds. The number of nitrogens with zero attached hydrogens (tertiary/aromatic N) is 1. The molecule has 0 aliphatic heterocycles. The van der Waals surface area contributed by atoms with Crippen LogP contribution in [0.2, 0.25) is 0 Å². The Morgan fingerprint density at radius 1 is 1.47 bits per heavy atom. The van der Waals surface area contributed by atoms with Crippen molar-refractivity contribution in [3.63, 3.8) is 0 Å². The second-order valence-corrected chi connectivity index (χ2v) is 8.00. The molecule has 0 aliphatic carbocycles. The molecule has 0 bridgehead atoms. The summed E-state index contributed by atoms with van der Waals surface area (Å²) in [6, 6.07) is 4.84. The number of halogens is 2. The largest absolute Gasteiger partial charge is 0.384 e. The van der Waals surface area contributed by atoms with Gasteiger partial charge in [-0.1, -0.05) is 42.3 Å². The molecule has 1 aromatic rings. The van der Waals surface area contributed by atoms with Crippen molar-refractivity contribution in [1.82, 2.24) is 0 Å². The lowest BCUT2D eigenvalue weighted by molar-refractivity contribution is -0.385. The fraction of sp³-hybridized carbons (Fsp3) is 0.400. The normalized spacial score (nSPS) is 14.1. The van der Waals surface area contributed by atoms with Crippen molar-refractivity contribution < 1.29 is 18.4 Å². The Hall–Kier alpha value is -0.890. The van der Waals surface area contributed by atoms with E-state index in [1.807, 2.05) is 0 Å². The molecule has 0 saturated carbocycles. The van der Waals surface area contributed by atoms with Gasteiger partial charge in [-0.3, -0.25) is 10.1 Å². The van der Waals surface area contributed by atoms with Gasteiger partial charge in [-0.25, -0.2) is 8.42 Å². The minimum Gasteiger partial charge on any atom is -0.384 e. The second kappa shape index (κ2) is 5.62. The summed E-state index contributed by atoms with van der Waals surface area (Å²) in [5.74, 6) is -0.369. The summed E-state index contributed by atoms with van der Waals surface area (Å²) in [6.45, 7) is 1.33. The van der Waals surface area contributed by atoms with E-state index in [-0.39, 0.29) is 17.0 Å². The van der Waals surface area contributed by atoms with Crippen molar-refractivity contribution >= 4 is 38.7 Å². The number of alkyl halides is 2. The third-order valence-corrected chi connectivity index (χ3v) is 6.15. The topological polar surface area (TPSA) is 97.5 Å². The molecule has 0 aromatic heterocycles. The number of nitro benzene ring substituents is 1. The van der Waals surface area contributed by atoms with E-state index in [0.717, 1.165) is 6.07 Å². The van der Waals surface area contributed by atoms with Crippen LogP contribution in [0.15, 0.2) is 24.3 Å². The number of rotatable bonds is 5. The van der Waals surface area contributed by atoms with E-state index in [1.165, 1.54) is 25.1 Å². The summed E-state index contributed by atoms with van der Waals surface area (Å²) in [6.07, 6.45) is -1.79. The molecule has 1 N–H and O–H groups in total. The van der Waals surface area contributed by atoms with E-state index in [1.54, 1.807) is 0 Å². The summed E-state index contributed by atoms with van der Waals surface area (Å²) in [4.78, 5) is 9.95. The van der Waals surface area contributed by atoms with Crippen LogP contribution < -0.4 is 0 Å². The van der Waals surface area contributed by atoms with Gasteiger partial charge < -0.3 is 5.11 Å². The first-order valence-corrected chi connectivity index (χ1v) is 7.57. The maximum Gasteiger partial charge on any atom is 0.269 e. The number of aliphatic hydroxyl groups excluding tert-OH is 1. The van der Waals surface area contributed by atoms with Gasteiger partial charge in [0.05, 0.1) is 10.7 Å². The maximum atomic E-state index is 11.7. The van der Waals surface area contributed by atoms with E-state index in [9.17, 15) is 23.6 Å². The smallest absolute Gasteiger partial charge is 0.269 e. The maximum absolute atomic E-state index is 11.7. The first kappa shape index (κ1) is 16.2. The Kier molecular flexibility index (Phi) is 4.78. The Morgan fingerprint density at radius 2 is 2.05 bits per heavy atom. The van der Waals surface area contributed by atoms with Crippen molar-refractivity contribution in [3.8, 4) is 0 Å². The molecular formula is C10H11Cl2NO5S. The number of sulfone groups is 1. The van der Waals surface area contributed by atoms with Gasteiger partial charge in [0, 0.05) is 12.1 Å². The van der Waals surface area contributed by atoms with Gasteiger partial charge >= 0.3 is 0 Å². The fourth-order valence-electron chi connectivity index (χ4n) is 1.36. The summed E-state index contributed by atoms with van der Waals surface area (Å²) in [7, 11) is -3.97. The SMILES string of the molecule is CCS(=O)(=O)C(Cl)(Cl)[C@H](O)c1cccc([N+](=O)[O-])c1. The third-order valence-electron chi connectivity index (χ3n) is 2.51. The van der Waals surface area contributed by atoms with E-state index >= 15 is 0 Å². The Balaban J connectivity index is 3.24. The number of nitro groups is 1. The lowest BCUT2D eigenvalue weighted by Crippen LogP contribution is -2.34. The predicted molar refractivity (Wildman–Crippen MR) is 72.0 cm³/mol. The average Bonchev–Trinajstić information content (AvgIpc) is 2.37. The number of aliphatic hydroxyl groups is 1. The van der Waals surface area contributed by atoms with Crippen LogP contribution in [0.4, 0.5) is 5.69 Å². The number of hydrogen-bond donors (Lipinski definition) is 1. The molecule has 1 aromatic carbocycles. The van der Waals surface area contributed by atoms with Crippen LogP contribution >= 0.6 is 23.2 Å².